The lowest BCUT2D eigenvalue weighted by Gasteiger charge is -2.17. The van der Waals surface area contributed by atoms with E-state index in [0.29, 0.717) is 30.3 Å². The molecule has 0 unspecified atom stereocenters. The third-order valence-electron chi connectivity index (χ3n) is 5.08. The van der Waals surface area contributed by atoms with Crippen LogP contribution in [0.4, 0.5) is 10.8 Å². The number of benzene rings is 2. The van der Waals surface area contributed by atoms with Crippen molar-refractivity contribution in [2.45, 2.75) is 33.1 Å². The minimum absolute atomic E-state index is 0.0399. The van der Waals surface area contributed by atoms with Crippen LogP contribution in [-0.2, 0) is 4.79 Å². The van der Waals surface area contributed by atoms with Crippen LogP contribution in [-0.4, -0.2) is 35.2 Å². The number of aryl methyl sites for hydroxylation is 2. The van der Waals surface area contributed by atoms with E-state index < -0.39 is 0 Å². The molecule has 4 rings (SSSR count). The van der Waals surface area contributed by atoms with E-state index in [2.05, 4.69) is 21.6 Å². The van der Waals surface area contributed by atoms with Crippen molar-refractivity contribution in [2.24, 2.45) is 0 Å². The fraction of sp³-hybridized carbons (Fsp3) is 0.304. The molecule has 1 fully saturated rings. The van der Waals surface area contributed by atoms with Crippen molar-refractivity contribution < 1.29 is 14.3 Å². The summed E-state index contributed by atoms with van der Waals surface area (Å²) in [6.07, 6.45) is 0.383. The van der Waals surface area contributed by atoms with Crippen molar-refractivity contribution >= 4 is 34.0 Å². The monoisotopic (exact) mass is 436 g/mol. The topological polar surface area (TPSA) is 84.4 Å². The fourth-order valence-electron chi connectivity index (χ4n) is 3.72. The molecule has 2 amide bonds. The zero-order chi connectivity index (χ0) is 22.0. The van der Waals surface area contributed by atoms with Crippen molar-refractivity contribution in [3.8, 4) is 5.75 Å². The maximum atomic E-state index is 12.6. The highest BCUT2D eigenvalue weighted by molar-refractivity contribution is 7.15. The van der Waals surface area contributed by atoms with Crippen molar-refractivity contribution in [2.75, 3.05) is 23.4 Å². The Bertz CT molecular complexity index is 1090. The van der Waals surface area contributed by atoms with E-state index in [0.717, 1.165) is 27.6 Å². The van der Waals surface area contributed by atoms with E-state index in [4.69, 9.17) is 4.74 Å². The number of nitrogens with zero attached hydrogens (tertiary/aromatic N) is 3. The molecule has 0 bridgehead atoms. The molecule has 1 aromatic heterocycles. The average Bonchev–Trinajstić information content (AvgIpc) is 3.34. The molecular weight excluding hydrogens is 412 g/mol. The molecule has 0 radical (unpaired) electrons. The number of hydrogen-bond acceptors (Lipinski definition) is 6. The van der Waals surface area contributed by atoms with Crippen molar-refractivity contribution in [3.63, 3.8) is 0 Å². The van der Waals surface area contributed by atoms with Gasteiger partial charge in [0.05, 0.1) is 6.61 Å². The molecule has 0 aliphatic carbocycles. The van der Waals surface area contributed by atoms with Gasteiger partial charge in [-0.15, -0.1) is 10.2 Å². The van der Waals surface area contributed by atoms with Crippen molar-refractivity contribution in [1.29, 1.82) is 0 Å². The van der Waals surface area contributed by atoms with Gasteiger partial charge in [0.1, 0.15) is 10.8 Å². The van der Waals surface area contributed by atoms with Crippen LogP contribution in [0.2, 0.25) is 0 Å². The lowest BCUT2D eigenvalue weighted by atomic mass is 10.1. The molecule has 2 aromatic carbocycles. The Kier molecular flexibility index (Phi) is 5.99. The quantitative estimate of drug-likeness (QED) is 0.622. The minimum Gasteiger partial charge on any atom is -0.494 e. The number of amides is 2. The van der Waals surface area contributed by atoms with Crippen LogP contribution in [0.5, 0.6) is 5.75 Å². The van der Waals surface area contributed by atoms with Gasteiger partial charge in [-0.05, 0) is 68.3 Å². The van der Waals surface area contributed by atoms with E-state index in [-0.39, 0.29) is 17.7 Å². The fourth-order valence-corrected chi connectivity index (χ4v) is 4.55. The van der Waals surface area contributed by atoms with Gasteiger partial charge in [0.25, 0.3) is 5.91 Å². The summed E-state index contributed by atoms with van der Waals surface area (Å²) in [4.78, 5) is 26.9. The number of anilines is 2. The molecule has 0 saturated carbocycles. The van der Waals surface area contributed by atoms with E-state index in [1.807, 2.05) is 37.8 Å². The molecule has 31 heavy (non-hydrogen) atoms. The van der Waals surface area contributed by atoms with Gasteiger partial charge in [-0.25, -0.2) is 0 Å². The van der Waals surface area contributed by atoms with E-state index >= 15 is 0 Å². The normalized spacial score (nSPS) is 15.9. The third-order valence-corrected chi connectivity index (χ3v) is 6.08. The van der Waals surface area contributed by atoms with Gasteiger partial charge in [-0.2, -0.15) is 0 Å². The predicted octanol–water partition coefficient (Wildman–Crippen LogP) is 4.33. The lowest BCUT2D eigenvalue weighted by molar-refractivity contribution is -0.117. The molecule has 1 aliphatic heterocycles. The molecule has 2 heterocycles. The summed E-state index contributed by atoms with van der Waals surface area (Å²) in [6.45, 7) is 7.09. The molecule has 1 atom stereocenters. The molecule has 160 valence electrons. The Morgan fingerprint density at radius 3 is 2.55 bits per heavy atom. The molecule has 1 aliphatic rings. The van der Waals surface area contributed by atoms with Crippen molar-refractivity contribution in [3.05, 3.63) is 64.2 Å². The zero-order valence-electron chi connectivity index (χ0n) is 17.7. The number of carbonyl (C=O) groups is 2. The third kappa shape index (κ3) is 4.74. The van der Waals surface area contributed by atoms with E-state index in [1.54, 1.807) is 24.3 Å². The molecule has 1 saturated heterocycles. The minimum atomic E-state index is -0.259. The Labute approximate surface area is 185 Å². The lowest BCUT2D eigenvalue weighted by Crippen LogP contribution is -2.24. The Hall–Kier alpha value is -3.26. The number of ether oxygens (including phenoxy) is 1. The molecule has 0 spiro atoms. The molecule has 3 aromatic rings. The summed E-state index contributed by atoms with van der Waals surface area (Å²) < 4.78 is 5.40. The number of rotatable bonds is 6. The summed E-state index contributed by atoms with van der Waals surface area (Å²) in [6, 6.07) is 13.1. The number of hydrogen-bond donors (Lipinski definition) is 1. The van der Waals surface area contributed by atoms with Gasteiger partial charge in [0.2, 0.25) is 11.0 Å². The summed E-state index contributed by atoms with van der Waals surface area (Å²) >= 11 is 1.31. The maximum absolute atomic E-state index is 12.6. The van der Waals surface area contributed by atoms with Gasteiger partial charge >= 0.3 is 0 Å². The number of aromatic nitrogens is 2. The molecule has 1 N–H and O–H groups in total. The smallest absolute Gasteiger partial charge is 0.257 e. The van der Waals surface area contributed by atoms with Crippen LogP contribution < -0.4 is 15.0 Å². The second kappa shape index (κ2) is 8.85. The SMILES string of the molecule is CCOc1ccc(C(=O)Nc2nnc([C@@H]3CC(=O)N(c4cc(C)cc(C)c4)C3)s2)cc1. The van der Waals surface area contributed by atoms with Crippen LogP contribution in [0.15, 0.2) is 42.5 Å². The Morgan fingerprint density at radius 2 is 1.87 bits per heavy atom. The maximum Gasteiger partial charge on any atom is 0.257 e. The summed E-state index contributed by atoms with van der Waals surface area (Å²) in [7, 11) is 0. The van der Waals surface area contributed by atoms with E-state index in [1.165, 1.54) is 11.3 Å². The first kappa shape index (κ1) is 21.0. The first-order valence-corrected chi connectivity index (χ1v) is 11.0. The first-order valence-electron chi connectivity index (χ1n) is 10.2. The van der Waals surface area contributed by atoms with E-state index in [9.17, 15) is 9.59 Å². The van der Waals surface area contributed by atoms with Crippen molar-refractivity contribution in [1.82, 2.24) is 10.2 Å². The average molecular weight is 437 g/mol. The second-order valence-corrected chi connectivity index (χ2v) is 8.62. The Morgan fingerprint density at radius 1 is 1.16 bits per heavy atom. The van der Waals surface area contributed by atoms with Gasteiger partial charge in [-0.3, -0.25) is 14.9 Å². The molecular formula is C23H24N4O3S. The standard InChI is InChI=1S/C23H24N4O3S/c1-4-30-19-7-5-16(6-8-19)21(29)24-23-26-25-22(31-23)17-12-20(28)27(13-17)18-10-14(2)9-15(3)11-18/h5-11,17H,4,12-13H2,1-3H3,(H,24,26,29)/t17-/m1/s1. The van der Waals surface area contributed by atoms with Crippen LogP contribution in [0, 0.1) is 13.8 Å². The van der Waals surface area contributed by atoms with Crippen LogP contribution in [0.1, 0.15) is 45.8 Å². The zero-order valence-corrected chi connectivity index (χ0v) is 18.5. The van der Waals surface area contributed by atoms with Gasteiger partial charge in [0, 0.05) is 30.1 Å². The first-order chi connectivity index (χ1) is 14.9. The number of carbonyl (C=O) groups excluding carboxylic acids is 2. The van der Waals surface area contributed by atoms with Crippen LogP contribution >= 0.6 is 11.3 Å². The second-order valence-electron chi connectivity index (χ2n) is 7.61. The van der Waals surface area contributed by atoms with Gasteiger partial charge in [0.15, 0.2) is 0 Å². The highest BCUT2D eigenvalue weighted by atomic mass is 32.1. The summed E-state index contributed by atoms with van der Waals surface area (Å²) in [5.74, 6) is 0.494. The van der Waals surface area contributed by atoms with Gasteiger partial charge in [-0.1, -0.05) is 17.4 Å². The van der Waals surface area contributed by atoms with Crippen LogP contribution in [0.25, 0.3) is 0 Å². The molecule has 7 nitrogen and oxygen atoms in total. The van der Waals surface area contributed by atoms with Gasteiger partial charge < -0.3 is 9.64 Å². The number of nitrogens with one attached hydrogen (secondary N) is 1. The molecule has 8 heteroatoms. The largest absolute Gasteiger partial charge is 0.494 e. The predicted molar refractivity (Wildman–Crippen MR) is 121 cm³/mol. The highest BCUT2D eigenvalue weighted by Gasteiger charge is 2.34. The van der Waals surface area contributed by atoms with Crippen LogP contribution in [0.3, 0.4) is 0 Å². The summed E-state index contributed by atoms with van der Waals surface area (Å²) in [5.41, 5.74) is 3.68. The Balaban J connectivity index is 1.42. The summed E-state index contributed by atoms with van der Waals surface area (Å²) in [5, 5.41) is 12.3. The highest BCUT2D eigenvalue weighted by Crippen LogP contribution is 2.35.